The number of halogens is 2. The molecule has 0 spiro atoms. The lowest BCUT2D eigenvalue weighted by Crippen LogP contribution is -2.43. The molecule has 0 aromatic heterocycles. The van der Waals surface area contributed by atoms with E-state index in [0.717, 1.165) is 11.1 Å². The van der Waals surface area contributed by atoms with Crippen LogP contribution in [-0.2, 0) is 5.54 Å². The van der Waals surface area contributed by atoms with E-state index in [1.54, 1.807) is 18.2 Å². The third kappa shape index (κ3) is 4.15. The zero-order valence-electron chi connectivity index (χ0n) is 12.7. The first kappa shape index (κ1) is 16.7. The lowest BCUT2D eigenvalue weighted by Gasteiger charge is -2.27. The van der Waals surface area contributed by atoms with E-state index in [1.807, 2.05) is 45.0 Å². The summed E-state index contributed by atoms with van der Waals surface area (Å²) in [5.41, 5.74) is 2.06. The summed E-state index contributed by atoms with van der Waals surface area (Å²) in [7, 11) is 0. The van der Waals surface area contributed by atoms with E-state index < -0.39 is 5.54 Å². The summed E-state index contributed by atoms with van der Waals surface area (Å²) in [6.07, 6.45) is 0. The van der Waals surface area contributed by atoms with Crippen molar-refractivity contribution >= 4 is 34.9 Å². The van der Waals surface area contributed by atoms with Crippen molar-refractivity contribution in [3.8, 4) is 0 Å². The molecular weight excluding hydrogens is 319 g/mol. The molecule has 2 rings (SSSR count). The molecule has 0 saturated carbocycles. The molecule has 2 N–H and O–H groups in total. The molecule has 0 aliphatic rings. The molecule has 0 heterocycles. The second kappa shape index (κ2) is 6.59. The topological polar surface area (TPSA) is 41.1 Å². The molecule has 22 heavy (non-hydrogen) atoms. The number of anilines is 1. The number of nitrogens with one attached hydrogen (secondary N) is 2. The average Bonchev–Trinajstić information content (AvgIpc) is 2.42. The number of benzene rings is 2. The predicted molar refractivity (Wildman–Crippen MR) is 92.8 cm³/mol. The summed E-state index contributed by atoms with van der Waals surface area (Å²) < 4.78 is 0. The van der Waals surface area contributed by atoms with Gasteiger partial charge in [0.15, 0.2) is 0 Å². The maximum atomic E-state index is 12.2. The van der Waals surface area contributed by atoms with E-state index in [9.17, 15) is 4.79 Å². The number of hydrogen-bond donors (Lipinski definition) is 2. The van der Waals surface area contributed by atoms with Gasteiger partial charge in [-0.1, -0.05) is 41.4 Å². The Balaban J connectivity index is 2.07. The van der Waals surface area contributed by atoms with E-state index in [1.165, 1.54) is 0 Å². The fourth-order valence-corrected chi connectivity index (χ4v) is 2.36. The largest absolute Gasteiger partial charge is 0.329 e. The number of hydrogen-bond acceptors (Lipinski definition) is 1. The van der Waals surface area contributed by atoms with Gasteiger partial charge in [-0.3, -0.25) is 0 Å². The molecule has 2 aromatic rings. The molecule has 0 unspecified atom stereocenters. The number of carbonyl (C=O) groups is 1. The third-order valence-corrected chi connectivity index (χ3v) is 4.08. The third-order valence-electron chi connectivity index (χ3n) is 3.42. The van der Waals surface area contributed by atoms with E-state index in [0.29, 0.717) is 15.7 Å². The van der Waals surface area contributed by atoms with Gasteiger partial charge in [-0.15, -0.1) is 0 Å². The van der Waals surface area contributed by atoms with Crippen LogP contribution in [-0.4, -0.2) is 6.03 Å². The van der Waals surface area contributed by atoms with Gasteiger partial charge in [-0.2, -0.15) is 0 Å². The molecule has 0 radical (unpaired) electrons. The number of urea groups is 1. The number of aryl methyl sites for hydroxylation is 1. The summed E-state index contributed by atoms with van der Waals surface area (Å²) in [6.45, 7) is 5.77. The molecule has 0 bridgehead atoms. The Hall–Kier alpha value is -1.71. The standard InChI is InChI=1S/C17H18Cl2N2O/c1-11-4-9-14(10-15(11)19)20-16(22)21-17(2,3)12-5-7-13(18)8-6-12/h4-10H,1-3H3,(H2,20,21,22). The van der Waals surface area contributed by atoms with E-state index in [4.69, 9.17) is 23.2 Å². The number of amides is 2. The van der Waals surface area contributed by atoms with Crippen LogP contribution in [0.25, 0.3) is 0 Å². The van der Waals surface area contributed by atoms with Crippen molar-refractivity contribution in [3.63, 3.8) is 0 Å². The lowest BCUT2D eigenvalue weighted by atomic mass is 9.94. The minimum atomic E-state index is -0.525. The molecule has 0 aliphatic heterocycles. The van der Waals surface area contributed by atoms with Gasteiger partial charge in [-0.05, 0) is 56.2 Å². The SMILES string of the molecule is Cc1ccc(NC(=O)NC(C)(C)c2ccc(Cl)cc2)cc1Cl. The molecule has 0 aliphatic carbocycles. The molecule has 5 heteroatoms. The van der Waals surface area contributed by atoms with Gasteiger partial charge in [0, 0.05) is 15.7 Å². The van der Waals surface area contributed by atoms with Crippen LogP contribution >= 0.6 is 23.2 Å². The lowest BCUT2D eigenvalue weighted by molar-refractivity contribution is 0.242. The highest BCUT2D eigenvalue weighted by atomic mass is 35.5. The fraction of sp³-hybridized carbons (Fsp3) is 0.235. The molecule has 2 aromatic carbocycles. The maximum Gasteiger partial charge on any atom is 0.319 e. The molecule has 3 nitrogen and oxygen atoms in total. The van der Waals surface area contributed by atoms with Crippen molar-refractivity contribution in [1.29, 1.82) is 0 Å². The monoisotopic (exact) mass is 336 g/mol. The Bertz CT molecular complexity index is 682. The van der Waals surface area contributed by atoms with Crippen LogP contribution in [0.4, 0.5) is 10.5 Å². The number of rotatable bonds is 3. The highest BCUT2D eigenvalue weighted by Gasteiger charge is 2.22. The first-order valence-corrected chi connectivity index (χ1v) is 7.65. The van der Waals surface area contributed by atoms with E-state index >= 15 is 0 Å². The van der Waals surface area contributed by atoms with Crippen LogP contribution in [0.3, 0.4) is 0 Å². The van der Waals surface area contributed by atoms with Crippen LogP contribution in [0.2, 0.25) is 10.0 Å². The zero-order chi connectivity index (χ0) is 16.3. The highest BCUT2D eigenvalue weighted by molar-refractivity contribution is 6.31. The minimum Gasteiger partial charge on any atom is -0.329 e. The van der Waals surface area contributed by atoms with Gasteiger partial charge in [0.2, 0.25) is 0 Å². The van der Waals surface area contributed by atoms with Gasteiger partial charge < -0.3 is 10.6 Å². The average molecular weight is 337 g/mol. The van der Waals surface area contributed by atoms with Gasteiger partial charge >= 0.3 is 6.03 Å². The molecule has 0 fully saturated rings. The summed E-state index contributed by atoms with van der Waals surface area (Å²) in [5, 5.41) is 7.01. The molecule has 2 amide bonds. The van der Waals surface area contributed by atoms with Gasteiger partial charge in [0.25, 0.3) is 0 Å². The molecule has 0 saturated heterocycles. The quantitative estimate of drug-likeness (QED) is 0.778. The molecular formula is C17H18Cl2N2O. The Morgan fingerprint density at radius 1 is 1.05 bits per heavy atom. The maximum absolute atomic E-state index is 12.2. The molecule has 116 valence electrons. The Labute approximate surface area is 140 Å². The van der Waals surface area contributed by atoms with Crippen LogP contribution in [0.5, 0.6) is 0 Å². The smallest absolute Gasteiger partial charge is 0.319 e. The Kier molecular flexibility index (Phi) is 4.99. The summed E-state index contributed by atoms with van der Waals surface area (Å²) in [5.74, 6) is 0. The zero-order valence-corrected chi connectivity index (χ0v) is 14.2. The van der Waals surface area contributed by atoms with E-state index in [2.05, 4.69) is 10.6 Å². The van der Waals surface area contributed by atoms with Crippen LogP contribution in [0.1, 0.15) is 25.0 Å². The van der Waals surface area contributed by atoms with Crippen LogP contribution in [0, 0.1) is 6.92 Å². The number of carbonyl (C=O) groups excluding carboxylic acids is 1. The van der Waals surface area contributed by atoms with Gasteiger partial charge in [0.1, 0.15) is 0 Å². The molecule has 0 atom stereocenters. The normalized spacial score (nSPS) is 11.1. The fourth-order valence-electron chi connectivity index (χ4n) is 2.06. The Morgan fingerprint density at radius 3 is 2.27 bits per heavy atom. The van der Waals surface area contributed by atoms with Crippen molar-refractivity contribution in [3.05, 3.63) is 63.6 Å². The van der Waals surface area contributed by atoms with Crippen LogP contribution < -0.4 is 10.6 Å². The van der Waals surface area contributed by atoms with Crippen molar-refractivity contribution in [2.75, 3.05) is 5.32 Å². The van der Waals surface area contributed by atoms with Crippen molar-refractivity contribution in [2.24, 2.45) is 0 Å². The first-order chi connectivity index (χ1) is 10.3. The summed E-state index contributed by atoms with van der Waals surface area (Å²) in [4.78, 5) is 12.2. The van der Waals surface area contributed by atoms with Crippen LogP contribution in [0.15, 0.2) is 42.5 Å². The van der Waals surface area contributed by atoms with Gasteiger partial charge in [0.05, 0.1) is 5.54 Å². The van der Waals surface area contributed by atoms with E-state index in [-0.39, 0.29) is 6.03 Å². The summed E-state index contributed by atoms with van der Waals surface area (Å²) >= 11 is 11.9. The second-order valence-electron chi connectivity index (χ2n) is 5.67. The summed E-state index contributed by atoms with van der Waals surface area (Å²) in [6, 6.07) is 12.5. The van der Waals surface area contributed by atoms with Crippen molar-refractivity contribution in [2.45, 2.75) is 26.3 Å². The minimum absolute atomic E-state index is 0.292. The van der Waals surface area contributed by atoms with Gasteiger partial charge in [-0.25, -0.2) is 4.79 Å². The predicted octanol–water partition coefficient (Wildman–Crippen LogP) is 5.36. The first-order valence-electron chi connectivity index (χ1n) is 6.89. The van der Waals surface area contributed by atoms with Crippen molar-refractivity contribution < 1.29 is 4.79 Å². The second-order valence-corrected chi connectivity index (χ2v) is 6.52. The highest BCUT2D eigenvalue weighted by Crippen LogP contribution is 2.23. The van der Waals surface area contributed by atoms with Crippen molar-refractivity contribution in [1.82, 2.24) is 5.32 Å². The Morgan fingerprint density at radius 2 is 1.68 bits per heavy atom.